The van der Waals surface area contributed by atoms with Crippen molar-refractivity contribution in [2.45, 2.75) is 12.5 Å². The molecule has 1 saturated heterocycles. The van der Waals surface area contributed by atoms with Crippen LogP contribution in [0, 0.1) is 11.3 Å². The Morgan fingerprint density at radius 1 is 1.32 bits per heavy atom. The van der Waals surface area contributed by atoms with Crippen LogP contribution in [0.25, 0.3) is 10.9 Å². The number of benzene rings is 1. The van der Waals surface area contributed by atoms with Crippen LogP contribution in [0.1, 0.15) is 22.5 Å². The fourth-order valence-electron chi connectivity index (χ4n) is 3.02. The third-order valence-corrected chi connectivity index (χ3v) is 4.28. The number of H-pyrrole nitrogens is 1. The van der Waals surface area contributed by atoms with Crippen molar-refractivity contribution >= 4 is 16.8 Å². The van der Waals surface area contributed by atoms with E-state index in [1.54, 1.807) is 4.90 Å². The van der Waals surface area contributed by atoms with E-state index in [4.69, 9.17) is 10.00 Å². The highest BCUT2D eigenvalue weighted by atomic mass is 16.5. The molecule has 0 radical (unpaired) electrons. The molecule has 1 aromatic carbocycles. The Morgan fingerprint density at radius 3 is 3.08 bits per heavy atom. The SMILES string of the molecule is N#Cc1nccnc1O[C@@H]1CCN(C(=O)c2ccc3[nH]ccc3c2)C1. The Morgan fingerprint density at radius 2 is 2.20 bits per heavy atom. The van der Waals surface area contributed by atoms with Gasteiger partial charge in [-0.1, -0.05) is 0 Å². The third-order valence-electron chi connectivity index (χ3n) is 4.28. The van der Waals surface area contributed by atoms with Crippen molar-refractivity contribution in [1.82, 2.24) is 19.9 Å². The van der Waals surface area contributed by atoms with Gasteiger partial charge in [-0.05, 0) is 24.3 Å². The third kappa shape index (κ3) is 2.90. The predicted molar refractivity (Wildman–Crippen MR) is 90.0 cm³/mol. The van der Waals surface area contributed by atoms with Gasteiger partial charge in [0.25, 0.3) is 11.8 Å². The molecule has 0 spiro atoms. The van der Waals surface area contributed by atoms with Gasteiger partial charge in [-0.15, -0.1) is 0 Å². The molecule has 3 aromatic rings. The average Bonchev–Trinajstić information content (AvgIpc) is 3.30. The van der Waals surface area contributed by atoms with Crippen LogP contribution in [0.5, 0.6) is 5.88 Å². The first kappa shape index (κ1) is 15.1. The van der Waals surface area contributed by atoms with E-state index in [-0.39, 0.29) is 23.6 Å². The van der Waals surface area contributed by atoms with Crippen molar-refractivity contribution in [1.29, 1.82) is 5.26 Å². The Hall–Kier alpha value is -3.40. The molecule has 0 aliphatic carbocycles. The molecule has 1 aliphatic rings. The first-order valence-electron chi connectivity index (χ1n) is 7.99. The van der Waals surface area contributed by atoms with Gasteiger partial charge in [0.1, 0.15) is 12.2 Å². The molecule has 1 aliphatic heterocycles. The van der Waals surface area contributed by atoms with Crippen LogP contribution in [0.2, 0.25) is 0 Å². The van der Waals surface area contributed by atoms with E-state index in [1.165, 1.54) is 12.4 Å². The molecular weight excluding hydrogens is 318 g/mol. The topological polar surface area (TPSA) is 94.9 Å². The molecule has 0 bridgehead atoms. The van der Waals surface area contributed by atoms with Gasteiger partial charge in [0.2, 0.25) is 5.69 Å². The van der Waals surface area contributed by atoms with E-state index < -0.39 is 0 Å². The van der Waals surface area contributed by atoms with E-state index in [0.717, 1.165) is 10.9 Å². The lowest BCUT2D eigenvalue weighted by Gasteiger charge is -2.17. The first-order valence-corrected chi connectivity index (χ1v) is 7.99. The Balaban J connectivity index is 1.46. The second-order valence-electron chi connectivity index (χ2n) is 5.88. The summed E-state index contributed by atoms with van der Waals surface area (Å²) in [5, 5.41) is 10.1. The molecule has 1 fully saturated rings. The molecule has 7 nitrogen and oxygen atoms in total. The summed E-state index contributed by atoms with van der Waals surface area (Å²) in [7, 11) is 0. The normalized spacial score (nSPS) is 16.8. The summed E-state index contributed by atoms with van der Waals surface area (Å²) < 4.78 is 5.78. The lowest BCUT2D eigenvalue weighted by molar-refractivity contribution is 0.0771. The molecule has 124 valence electrons. The number of ether oxygens (including phenoxy) is 1. The second-order valence-corrected chi connectivity index (χ2v) is 5.88. The molecule has 7 heteroatoms. The molecule has 0 saturated carbocycles. The Labute approximate surface area is 143 Å². The van der Waals surface area contributed by atoms with Crippen LogP contribution in [0.3, 0.4) is 0 Å². The number of amides is 1. The number of rotatable bonds is 3. The van der Waals surface area contributed by atoms with Crippen molar-refractivity contribution in [3.63, 3.8) is 0 Å². The number of nitrogens with one attached hydrogen (secondary N) is 1. The van der Waals surface area contributed by atoms with E-state index in [1.807, 2.05) is 36.5 Å². The van der Waals surface area contributed by atoms with Gasteiger partial charge in [-0.2, -0.15) is 5.26 Å². The Bertz CT molecular complexity index is 975. The minimum atomic E-state index is -0.191. The van der Waals surface area contributed by atoms with Gasteiger partial charge >= 0.3 is 0 Å². The number of aromatic nitrogens is 3. The number of hydrogen-bond acceptors (Lipinski definition) is 5. The highest BCUT2D eigenvalue weighted by Gasteiger charge is 2.29. The first-order chi connectivity index (χ1) is 12.2. The molecular formula is C18H15N5O2. The summed E-state index contributed by atoms with van der Waals surface area (Å²) in [6, 6.07) is 9.53. The Kier molecular flexibility index (Phi) is 3.78. The lowest BCUT2D eigenvalue weighted by Crippen LogP contribution is -2.31. The predicted octanol–water partition coefficient (Wildman–Crippen LogP) is 2.12. The highest BCUT2D eigenvalue weighted by molar-refractivity contribution is 5.98. The van der Waals surface area contributed by atoms with Crippen LogP contribution in [0.4, 0.5) is 0 Å². The summed E-state index contributed by atoms with van der Waals surface area (Å²) in [5.74, 6) is 0.201. The number of fused-ring (bicyclic) bond motifs is 1. The smallest absolute Gasteiger partial charge is 0.254 e. The lowest BCUT2D eigenvalue weighted by atomic mass is 10.1. The summed E-state index contributed by atoms with van der Waals surface area (Å²) >= 11 is 0. The maximum atomic E-state index is 12.7. The van der Waals surface area contributed by atoms with Crippen LogP contribution in [-0.2, 0) is 0 Å². The van der Waals surface area contributed by atoms with E-state index >= 15 is 0 Å². The van der Waals surface area contributed by atoms with Crippen LogP contribution >= 0.6 is 0 Å². The number of nitriles is 1. The zero-order chi connectivity index (χ0) is 17.2. The largest absolute Gasteiger partial charge is 0.470 e. The van der Waals surface area contributed by atoms with Crippen molar-refractivity contribution in [3.05, 3.63) is 54.1 Å². The van der Waals surface area contributed by atoms with Crippen LogP contribution in [-0.4, -0.2) is 45.0 Å². The van der Waals surface area contributed by atoms with Gasteiger partial charge in [-0.3, -0.25) is 4.79 Å². The van der Waals surface area contributed by atoms with E-state index in [2.05, 4.69) is 15.0 Å². The molecule has 3 heterocycles. The fraction of sp³-hybridized carbons (Fsp3) is 0.222. The van der Waals surface area contributed by atoms with E-state index in [9.17, 15) is 4.79 Å². The number of hydrogen-bond donors (Lipinski definition) is 1. The van der Waals surface area contributed by atoms with Crippen LogP contribution < -0.4 is 4.74 Å². The van der Waals surface area contributed by atoms with E-state index in [0.29, 0.717) is 25.1 Å². The molecule has 4 rings (SSSR count). The monoisotopic (exact) mass is 333 g/mol. The van der Waals surface area contributed by atoms with Gasteiger partial charge in [0.05, 0.1) is 6.54 Å². The van der Waals surface area contributed by atoms with Gasteiger partial charge in [0.15, 0.2) is 0 Å². The number of aromatic amines is 1. The molecule has 25 heavy (non-hydrogen) atoms. The quantitative estimate of drug-likeness (QED) is 0.792. The maximum Gasteiger partial charge on any atom is 0.254 e. The molecule has 0 unspecified atom stereocenters. The fourth-order valence-corrected chi connectivity index (χ4v) is 3.02. The molecule has 1 N–H and O–H groups in total. The number of carbonyl (C=O) groups excluding carboxylic acids is 1. The van der Waals surface area contributed by atoms with Crippen LogP contribution in [0.15, 0.2) is 42.9 Å². The van der Waals surface area contributed by atoms with Crippen molar-refractivity contribution in [3.8, 4) is 11.9 Å². The summed E-state index contributed by atoms with van der Waals surface area (Å²) in [4.78, 5) is 25.6. The molecule has 1 amide bonds. The van der Waals surface area contributed by atoms with Gasteiger partial charge in [0, 0.05) is 48.0 Å². The second kappa shape index (κ2) is 6.24. The highest BCUT2D eigenvalue weighted by Crippen LogP contribution is 2.21. The minimum Gasteiger partial charge on any atom is -0.470 e. The summed E-state index contributed by atoms with van der Waals surface area (Å²) in [6.07, 6.45) is 5.29. The zero-order valence-corrected chi connectivity index (χ0v) is 13.3. The average molecular weight is 333 g/mol. The van der Waals surface area contributed by atoms with Crippen molar-refractivity contribution < 1.29 is 9.53 Å². The number of likely N-dealkylation sites (tertiary alicyclic amines) is 1. The van der Waals surface area contributed by atoms with Gasteiger partial charge < -0.3 is 14.6 Å². The zero-order valence-electron chi connectivity index (χ0n) is 13.3. The standard InChI is InChI=1S/C18H15N5O2/c19-10-16-17(22-7-6-21-16)25-14-4-8-23(11-14)18(24)13-1-2-15-12(9-13)3-5-20-15/h1-3,5-7,9,14,20H,4,8,11H2/t14-/m1/s1. The number of nitrogens with zero attached hydrogens (tertiary/aromatic N) is 4. The summed E-state index contributed by atoms with van der Waals surface area (Å²) in [5.41, 5.74) is 1.82. The summed E-state index contributed by atoms with van der Waals surface area (Å²) in [6.45, 7) is 1.07. The van der Waals surface area contributed by atoms with Crippen molar-refractivity contribution in [2.24, 2.45) is 0 Å². The van der Waals surface area contributed by atoms with Gasteiger partial charge in [-0.25, -0.2) is 9.97 Å². The molecule has 1 atom stereocenters. The number of carbonyl (C=O) groups is 1. The molecule has 2 aromatic heterocycles. The van der Waals surface area contributed by atoms with Crippen molar-refractivity contribution in [2.75, 3.05) is 13.1 Å². The minimum absolute atomic E-state index is 0.0196. The maximum absolute atomic E-state index is 12.7.